The molecule has 0 saturated carbocycles. The molecule has 1 fully saturated rings. The number of aromatic nitrogens is 2. The number of alkyl halides is 3. The van der Waals surface area contributed by atoms with Crippen molar-refractivity contribution >= 4 is 5.91 Å². The van der Waals surface area contributed by atoms with Gasteiger partial charge in [0.1, 0.15) is 5.69 Å². The van der Waals surface area contributed by atoms with Gasteiger partial charge >= 0.3 is 6.18 Å². The average Bonchev–Trinajstić information content (AvgIpc) is 2.37. The van der Waals surface area contributed by atoms with Gasteiger partial charge in [-0.25, -0.2) is 9.97 Å². The van der Waals surface area contributed by atoms with E-state index in [2.05, 4.69) is 9.97 Å². The van der Waals surface area contributed by atoms with E-state index < -0.39 is 17.9 Å². The van der Waals surface area contributed by atoms with Crippen LogP contribution >= 0.6 is 0 Å². The van der Waals surface area contributed by atoms with Crippen LogP contribution in [0.3, 0.4) is 0 Å². The quantitative estimate of drug-likeness (QED) is 0.798. The molecule has 4 nitrogen and oxygen atoms in total. The smallest absolute Gasteiger partial charge is 0.333 e. The van der Waals surface area contributed by atoms with E-state index in [0.717, 1.165) is 18.9 Å². The summed E-state index contributed by atoms with van der Waals surface area (Å²) >= 11 is 0. The van der Waals surface area contributed by atoms with Gasteiger partial charge in [-0.1, -0.05) is 0 Å². The van der Waals surface area contributed by atoms with Crippen LogP contribution in [0.2, 0.25) is 0 Å². The Morgan fingerprint density at radius 1 is 1.35 bits per heavy atom. The molecule has 0 radical (unpaired) electrons. The van der Waals surface area contributed by atoms with Crippen LogP contribution in [0, 0.1) is 6.92 Å². The second kappa shape index (κ2) is 5.38. The van der Waals surface area contributed by atoms with E-state index in [1.807, 2.05) is 0 Å². The molecule has 0 aliphatic carbocycles. The minimum atomic E-state index is -4.50. The molecule has 2 heterocycles. The van der Waals surface area contributed by atoms with Gasteiger partial charge in [-0.3, -0.25) is 4.79 Å². The van der Waals surface area contributed by atoms with Crippen LogP contribution in [-0.4, -0.2) is 27.3 Å². The molecule has 1 atom stereocenters. The van der Waals surface area contributed by atoms with Gasteiger partial charge in [0.05, 0.1) is 6.04 Å². The number of hydrogen-bond acceptors (Lipinski definition) is 3. The number of nitrogens with zero attached hydrogens (tertiary/aromatic N) is 3. The van der Waals surface area contributed by atoms with Crippen LogP contribution < -0.4 is 0 Å². The highest BCUT2D eigenvalue weighted by molar-refractivity contribution is 5.73. The molecule has 7 heteroatoms. The third kappa shape index (κ3) is 3.08. The van der Waals surface area contributed by atoms with E-state index in [1.54, 1.807) is 4.90 Å². The third-order valence-electron chi connectivity index (χ3n) is 3.37. The lowest BCUT2D eigenvalue weighted by molar-refractivity contribution is -0.141. The summed E-state index contributed by atoms with van der Waals surface area (Å²) in [5.41, 5.74) is -0.689. The maximum atomic E-state index is 12.8. The van der Waals surface area contributed by atoms with Crippen molar-refractivity contribution in [3.05, 3.63) is 23.3 Å². The van der Waals surface area contributed by atoms with Crippen molar-refractivity contribution in [2.45, 2.75) is 45.3 Å². The zero-order chi connectivity index (χ0) is 14.9. The molecule has 0 spiro atoms. The molecule has 0 unspecified atom stereocenters. The summed E-state index contributed by atoms with van der Waals surface area (Å²) in [6.45, 7) is 3.46. The van der Waals surface area contributed by atoms with Crippen molar-refractivity contribution in [1.82, 2.24) is 14.9 Å². The Bertz CT molecular complexity index is 516. The van der Waals surface area contributed by atoms with Gasteiger partial charge < -0.3 is 4.90 Å². The summed E-state index contributed by atoms with van der Waals surface area (Å²) in [6, 6.07) is 0.465. The third-order valence-corrected chi connectivity index (χ3v) is 3.37. The Morgan fingerprint density at radius 2 is 2.05 bits per heavy atom. The highest BCUT2D eigenvalue weighted by atomic mass is 19.4. The fourth-order valence-corrected chi connectivity index (χ4v) is 2.46. The molecule has 20 heavy (non-hydrogen) atoms. The summed E-state index contributed by atoms with van der Waals surface area (Å²) in [4.78, 5) is 20.9. The highest BCUT2D eigenvalue weighted by Crippen LogP contribution is 2.32. The Hall–Kier alpha value is -1.66. The fraction of sp³-hybridized carbons (Fsp3) is 0.615. The molecule has 1 aliphatic rings. The van der Waals surface area contributed by atoms with Gasteiger partial charge in [0, 0.05) is 19.2 Å². The zero-order valence-corrected chi connectivity index (χ0v) is 11.4. The maximum Gasteiger partial charge on any atom is 0.433 e. The monoisotopic (exact) mass is 287 g/mol. The molecule has 1 aromatic heterocycles. The normalized spacial score (nSPS) is 20.1. The first kappa shape index (κ1) is 14.7. The van der Waals surface area contributed by atoms with Crippen LogP contribution in [0.5, 0.6) is 0 Å². The number of hydrogen-bond donors (Lipinski definition) is 0. The molecule has 110 valence electrons. The summed E-state index contributed by atoms with van der Waals surface area (Å²) in [5, 5.41) is 0. The lowest BCUT2D eigenvalue weighted by Crippen LogP contribution is -2.38. The van der Waals surface area contributed by atoms with E-state index in [1.165, 1.54) is 13.8 Å². The van der Waals surface area contributed by atoms with Gasteiger partial charge in [0.15, 0.2) is 5.82 Å². The van der Waals surface area contributed by atoms with Crippen LogP contribution in [0.25, 0.3) is 0 Å². The maximum absolute atomic E-state index is 12.8. The molecule has 0 aromatic carbocycles. The molecule has 1 aliphatic heterocycles. The topological polar surface area (TPSA) is 46.1 Å². The van der Waals surface area contributed by atoms with Crippen molar-refractivity contribution in [2.75, 3.05) is 6.54 Å². The van der Waals surface area contributed by atoms with Gasteiger partial charge in [-0.05, 0) is 32.3 Å². The number of likely N-dealkylation sites (tertiary alicyclic amines) is 1. The number of aryl methyl sites for hydroxylation is 1. The number of piperidine rings is 1. The molecule has 0 N–H and O–H groups in total. The summed E-state index contributed by atoms with van der Waals surface area (Å²) < 4.78 is 38.4. The zero-order valence-electron chi connectivity index (χ0n) is 11.4. The largest absolute Gasteiger partial charge is 0.433 e. The molecular formula is C13H16F3N3O. The van der Waals surface area contributed by atoms with Crippen LogP contribution in [0.15, 0.2) is 6.07 Å². The minimum Gasteiger partial charge on any atom is -0.333 e. The van der Waals surface area contributed by atoms with E-state index in [4.69, 9.17) is 0 Å². The second-order valence-corrected chi connectivity index (χ2v) is 4.97. The summed E-state index contributed by atoms with van der Waals surface area (Å²) in [5.74, 6) is -0.0689. The SMILES string of the molecule is CC(=O)N1CCCC[C@@H]1c1nc(C)cc(C(F)(F)F)n1. The first-order chi connectivity index (χ1) is 9.29. The van der Waals surface area contributed by atoms with E-state index in [0.29, 0.717) is 13.0 Å². The number of carbonyl (C=O) groups excluding carboxylic acids is 1. The predicted octanol–water partition coefficient (Wildman–Crippen LogP) is 2.88. The average molecular weight is 287 g/mol. The van der Waals surface area contributed by atoms with Gasteiger partial charge in [0.2, 0.25) is 5.91 Å². The van der Waals surface area contributed by atoms with Crippen LogP contribution in [-0.2, 0) is 11.0 Å². The van der Waals surface area contributed by atoms with Crippen molar-refractivity contribution in [1.29, 1.82) is 0 Å². The van der Waals surface area contributed by atoms with Crippen molar-refractivity contribution in [3.63, 3.8) is 0 Å². The Kier molecular flexibility index (Phi) is 3.96. The van der Waals surface area contributed by atoms with Crippen molar-refractivity contribution in [3.8, 4) is 0 Å². The molecule has 1 saturated heterocycles. The second-order valence-electron chi connectivity index (χ2n) is 4.97. The molecular weight excluding hydrogens is 271 g/mol. The fourth-order valence-electron chi connectivity index (χ4n) is 2.46. The highest BCUT2D eigenvalue weighted by Gasteiger charge is 2.35. The number of carbonyl (C=O) groups is 1. The van der Waals surface area contributed by atoms with E-state index in [9.17, 15) is 18.0 Å². The molecule has 0 bridgehead atoms. The molecule has 1 aromatic rings. The Labute approximate surface area is 115 Å². The predicted molar refractivity (Wildman–Crippen MR) is 65.8 cm³/mol. The minimum absolute atomic E-state index is 0.0900. The van der Waals surface area contributed by atoms with E-state index >= 15 is 0 Å². The summed E-state index contributed by atoms with van der Waals surface area (Å²) in [7, 11) is 0. The Morgan fingerprint density at radius 3 is 2.65 bits per heavy atom. The van der Waals surface area contributed by atoms with Gasteiger partial charge in [-0.2, -0.15) is 13.2 Å². The molecule has 2 rings (SSSR count). The number of rotatable bonds is 1. The standard InChI is InChI=1S/C13H16F3N3O/c1-8-7-11(13(14,15)16)18-12(17-8)10-5-3-4-6-19(10)9(2)20/h7,10H,3-6H2,1-2H3/t10-/m1/s1. The molecule has 1 amide bonds. The van der Waals surface area contributed by atoms with Gasteiger partial charge in [-0.15, -0.1) is 0 Å². The van der Waals surface area contributed by atoms with Gasteiger partial charge in [0.25, 0.3) is 0 Å². The van der Waals surface area contributed by atoms with Crippen LogP contribution in [0.1, 0.15) is 49.4 Å². The van der Waals surface area contributed by atoms with E-state index in [-0.39, 0.29) is 17.4 Å². The first-order valence-electron chi connectivity index (χ1n) is 6.49. The van der Waals surface area contributed by atoms with Crippen LogP contribution in [0.4, 0.5) is 13.2 Å². The lowest BCUT2D eigenvalue weighted by atomic mass is 10.0. The lowest BCUT2D eigenvalue weighted by Gasteiger charge is -2.34. The summed E-state index contributed by atoms with van der Waals surface area (Å²) in [6.07, 6.45) is -2.19. The Balaban J connectivity index is 2.40. The first-order valence-corrected chi connectivity index (χ1v) is 6.49. The van der Waals surface area contributed by atoms with Crippen molar-refractivity contribution in [2.24, 2.45) is 0 Å². The van der Waals surface area contributed by atoms with Crippen molar-refractivity contribution < 1.29 is 18.0 Å². The number of amides is 1. The number of halogens is 3.